The van der Waals surface area contributed by atoms with Crippen LogP contribution in [0.3, 0.4) is 0 Å². The van der Waals surface area contributed by atoms with E-state index in [1.54, 1.807) is 11.3 Å². The minimum atomic E-state index is 0.778. The molecule has 0 amide bonds. The minimum Gasteiger partial charge on any atom is -0.192 e. The van der Waals surface area contributed by atoms with E-state index in [9.17, 15) is 0 Å². The van der Waals surface area contributed by atoms with Crippen LogP contribution in [0.2, 0.25) is 0 Å². The van der Waals surface area contributed by atoms with Crippen LogP contribution in [-0.4, -0.2) is 0 Å². The van der Waals surface area contributed by atoms with E-state index >= 15 is 0 Å². The number of fused-ring (bicyclic) bond motifs is 2. The maximum atomic E-state index is 8.84. The Labute approximate surface area is 91.2 Å². The van der Waals surface area contributed by atoms with Crippen molar-refractivity contribution < 1.29 is 0 Å². The predicted octanol–water partition coefficient (Wildman–Crippen LogP) is 3.93. The highest BCUT2D eigenvalue weighted by molar-refractivity contribution is 7.19. The van der Waals surface area contributed by atoms with Gasteiger partial charge in [-0.25, -0.2) is 0 Å². The first-order valence-corrected chi connectivity index (χ1v) is 5.51. The van der Waals surface area contributed by atoms with Gasteiger partial charge in [0.1, 0.15) is 10.9 Å². The van der Waals surface area contributed by atoms with Crippen molar-refractivity contribution in [2.45, 2.75) is 0 Å². The Bertz CT molecular complexity index is 636. The Balaban J connectivity index is 2.46. The van der Waals surface area contributed by atoms with Crippen LogP contribution < -0.4 is 0 Å². The zero-order valence-corrected chi connectivity index (χ0v) is 8.71. The lowest BCUT2D eigenvalue weighted by molar-refractivity contribution is 1.52. The summed E-state index contributed by atoms with van der Waals surface area (Å²) in [4.78, 5) is 0.778. The van der Waals surface area contributed by atoms with Crippen molar-refractivity contribution in [3.05, 3.63) is 47.3 Å². The van der Waals surface area contributed by atoms with E-state index in [1.807, 2.05) is 18.2 Å². The van der Waals surface area contributed by atoms with Crippen molar-refractivity contribution in [1.29, 1.82) is 5.26 Å². The molecule has 0 saturated heterocycles. The Morgan fingerprint density at radius 1 is 0.933 bits per heavy atom. The van der Waals surface area contributed by atoms with Gasteiger partial charge in [0.25, 0.3) is 0 Å². The minimum absolute atomic E-state index is 0.778. The molecule has 0 atom stereocenters. The van der Waals surface area contributed by atoms with Crippen LogP contribution in [0.4, 0.5) is 0 Å². The van der Waals surface area contributed by atoms with Crippen LogP contribution in [0.5, 0.6) is 0 Å². The molecule has 3 aromatic rings. The molecular formula is C13H7NS. The fraction of sp³-hybridized carbons (Fsp3) is 0. The summed E-state index contributed by atoms with van der Waals surface area (Å²) in [6.07, 6.45) is 0. The van der Waals surface area contributed by atoms with Gasteiger partial charge in [-0.3, -0.25) is 0 Å². The van der Waals surface area contributed by atoms with Gasteiger partial charge in [-0.2, -0.15) is 5.26 Å². The van der Waals surface area contributed by atoms with Gasteiger partial charge in [-0.1, -0.05) is 24.3 Å². The van der Waals surface area contributed by atoms with Crippen molar-refractivity contribution in [2.75, 3.05) is 0 Å². The molecule has 0 aliphatic carbocycles. The van der Waals surface area contributed by atoms with Crippen molar-refractivity contribution in [2.24, 2.45) is 0 Å². The highest BCUT2D eigenvalue weighted by Crippen LogP contribution is 2.29. The van der Waals surface area contributed by atoms with Crippen LogP contribution in [0.15, 0.2) is 42.5 Å². The number of nitrogens with zero attached hydrogens (tertiary/aromatic N) is 1. The van der Waals surface area contributed by atoms with Crippen LogP contribution in [0.1, 0.15) is 4.88 Å². The van der Waals surface area contributed by atoms with Crippen LogP contribution in [-0.2, 0) is 0 Å². The van der Waals surface area contributed by atoms with Crippen LogP contribution in [0.25, 0.3) is 20.9 Å². The van der Waals surface area contributed by atoms with Gasteiger partial charge < -0.3 is 0 Å². The van der Waals surface area contributed by atoms with Gasteiger partial charge in [0, 0.05) is 4.70 Å². The lowest BCUT2D eigenvalue weighted by atomic mass is 10.1. The predicted molar refractivity (Wildman–Crippen MR) is 64.0 cm³/mol. The number of hydrogen-bond donors (Lipinski definition) is 0. The summed E-state index contributed by atoms with van der Waals surface area (Å²) < 4.78 is 1.19. The van der Waals surface area contributed by atoms with Gasteiger partial charge in [0.2, 0.25) is 0 Å². The Morgan fingerprint density at radius 3 is 2.40 bits per heavy atom. The first kappa shape index (κ1) is 8.46. The highest BCUT2D eigenvalue weighted by Gasteiger charge is 2.02. The zero-order valence-electron chi connectivity index (χ0n) is 7.90. The SMILES string of the molecule is N#Cc1cc2cc3ccccc3cc2s1. The van der Waals surface area contributed by atoms with E-state index < -0.39 is 0 Å². The smallest absolute Gasteiger partial charge is 0.110 e. The van der Waals surface area contributed by atoms with E-state index in [-0.39, 0.29) is 0 Å². The van der Waals surface area contributed by atoms with Crippen LogP contribution >= 0.6 is 11.3 Å². The second kappa shape index (κ2) is 3.08. The quantitative estimate of drug-likeness (QED) is 0.550. The van der Waals surface area contributed by atoms with Crippen LogP contribution in [0, 0.1) is 11.3 Å². The number of benzene rings is 2. The fourth-order valence-corrected chi connectivity index (χ4v) is 2.67. The molecule has 70 valence electrons. The molecule has 2 heteroatoms. The normalized spacial score (nSPS) is 10.6. The first-order chi connectivity index (χ1) is 7.36. The van der Waals surface area contributed by atoms with E-state index in [0.717, 1.165) is 10.3 Å². The van der Waals surface area contributed by atoms with E-state index in [4.69, 9.17) is 5.26 Å². The van der Waals surface area contributed by atoms with Gasteiger partial charge in [-0.15, -0.1) is 11.3 Å². The van der Waals surface area contributed by atoms with E-state index in [2.05, 4.69) is 30.3 Å². The second-order valence-corrected chi connectivity index (χ2v) is 4.54. The summed E-state index contributed by atoms with van der Waals surface area (Å²) in [5, 5.41) is 12.5. The fourth-order valence-electron chi connectivity index (χ4n) is 1.78. The topological polar surface area (TPSA) is 23.8 Å². The molecule has 3 rings (SSSR count). The maximum absolute atomic E-state index is 8.84. The van der Waals surface area contributed by atoms with Crippen molar-refractivity contribution in [1.82, 2.24) is 0 Å². The number of thiophene rings is 1. The van der Waals surface area contributed by atoms with E-state index in [0.29, 0.717) is 0 Å². The third kappa shape index (κ3) is 1.29. The number of nitriles is 1. The summed E-state index contributed by atoms with van der Waals surface area (Å²) in [7, 11) is 0. The summed E-state index contributed by atoms with van der Waals surface area (Å²) in [6.45, 7) is 0. The van der Waals surface area contributed by atoms with E-state index in [1.165, 1.54) is 15.5 Å². The summed E-state index contributed by atoms with van der Waals surface area (Å²) in [6, 6.07) is 16.7. The molecule has 0 bridgehead atoms. The molecule has 0 N–H and O–H groups in total. The Kier molecular flexibility index (Phi) is 1.74. The summed E-state index contributed by atoms with van der Waals surface area (Å²) >= 11 is 1.55. The highest BCUT2D eigenvalue weighted by atomic mass is 32.1. The molecule has 1 aromatic heterocycles. The Morgan fingerprint density at radius 2 is 1.67 bits per heavy atom. The molecule has 1 nitrogen and oxygen atoms in total. The zero-order chi connectivity index (χ0) is 10.3. The molecule has 2 aromatic carbocycles. The Hall–Kier alpha value is -1.85. The molecule has 0 aliphatic heterocycles. The monoisotopic (exact) mass is 209 g/mol. The van der Waals surface area contributed by atoms with Gasteiger partial charge in [0.15, 0.2) is 0 Å². The van der Waals surface area contributed by atoms with Gasteiger partial charge in [0.05, 0.1) is 0 Å². The molecule has 0 saturated carbocycles. The molecule has 0 fully saturated rings. The third-order valence-corrected chi connectivity index (χ3v) is 3.50. The average Bonchev–Trinajstić information content (AvgIpc) is 2.67. The molecule has 0 spiro atoms. The van der Waals surface area contributed by atoms with Crippen molar-refractivity contribution in [3.63, 3.8) is 0 Å². The molecule has 0 aliphatic rings. The molecule has 0 unspecified atom stereocenters. The molecular weight excluding hydrogens is 202 g/mol. The lowest BCUT2D eigenvalue weighted by Crippen LogP contribution is -1.70. The molecule has 15 heavy (non-hydrogen) atoms. The molecule has 1 heterocycles. The van der Waals surface area contributed by atoms with Crippen molar-refractivity contribution >= 4 is 32.2 Å². The first-order valence-electron chi connectivity index (χ1n) is 4.69. The maximum Gasteiger partial charge on any atom is 0.110 e. The number of rotatable bonds is 0. The molecule has 0 radical (unpaired) electrons. The number of hydrogen-bond acceptors (Lipinski definition) is 2. The standard InChI is InChI=1S/C13H7NS/c14-8-12-6-11-5-9-3-1-2-4-10(9)7-13(11)15-12/h1-7H. The van der Waals surface area contributed by atoms with Gasteiger partial charge >= 0.3 is 0 Å². The average molecular weight is 209 g/mol. The summed E-state index contributed by atoms with van der Waals surface area (Å²) in [5.41, 5.74) is 0. The van der Waals surface area contributed by atoms with Crippen molar-refractivity contribution in [3.8, 4) is 6.07 Å². The lowest BCUT2D eigenvalue weighted by Gasteiger charge is -1.96. The summed E-state index contributed by atoms with van der Waals surface area (Å²) in [5.74, 6) is 0. The van der Waals surface area contributed by atoms with Gasteiger partial charge in [-0.05, 0) is 34.4 Å². The second-order valence-electron chi connectivity index (χ2n) is 3.46. The largest absolute Gasteiger partial charge is 0.192 e. The third-order valence-electron chi connectivity index (χ3n) is 2.49.